The van der Waals surface area contributed by atoms with Crippen molar-refractivity contribution in [3.05, 3.63) is 53.7 Å². The summed E-state index contributed by atoms with van der Waals surface area (Å²) in [6.45, 7) is 0. The van der Waals surface area contributed by atoms with Crippen LogP contribution in [0.25, 0.3) is 0 Å². The Hall–Kier alpha value is -1.81. The summed E-state index contributed by atoms with van der Waals surface area (Å²) in [7, 11) is 0. The van der Waals surface area contributed by atoms with E-state index >= 15 is 0 Å². The van der Waals surface area contributed by atoms with Gasteiger partial charge in [-0.3, -0.25) is 0 Å². The van der Waals surface area contributed by atoms with Crippen LogP contribution >= 0.6 is 0 Å². The molecule has 0 spiro atoms. The predicted molar refractivity (Wildman–Crippen MR) is 53.6 cm³/mol. The molecule has 0 fully saturated rings. The zero-order chi connectivity index (χ0) is 10.8. The first kappa shape index (κ1) is 9.73. The van der Waals surface area contributed by atoms with Crippen molar-refractivity contribution in [3.8, 4) is 0 Å². The number of hydrogen-bond acceptors (Lipinski definition) is 3. The third kappa shape index (κ3) is 1.85. The number of aliphatic hydroxyl groups excluding tert-OH is 1. The van der Waals surface area contributed by atoms with Gasteiger partial charge >= 0.3 is 0 Å². The van der Waals surface area contributed by atoms with Gasteiger partial charge in [0.25, 0.3) is 0 Å². The molecule has 0 aliphatic carbocycles. The fourth-order valence-electron chi connectivity index (χ4n) is 1.38. The van der Waals surface area contributed by atoms with Gasteiger partial charge < -0.3 is 15.3 Å². The van der Waals surface area contributed by atoms with Crippen LogP contribution in [-0.2, 0) is 0 Å². The number of furan rings is 1. The van der Waals surface area contributed by atoms with Gasteiger partial charge in [0.05, 0.1) is 6.26 Å². The molecular formula is C11H10FNO2. The summed E-state index contributed by atoms with van der Waals surface area (Å²) in [6, 6.07) is 7.11. The molecular weight excluding hydrogens is 197 g/mol. The summed E-state index contributed by atoms with van der Waals surface area (Å²) < 4.78 is 18.0. The third-order valence-corrected chi connectivity index (χ3v) is 2.16. The predicted octanol–water partition coefficient (Wildman–Crippen LogP) is 2.08. The number of nitrogens with two attached hydrogens (primary N) is 1. The number of aliphatic hydroxyl groups is 1. The van der Waals surface area contributed by atoms with Crippen molar-refractivity contribution in [2.24, 2.45) is 0 Å². The number of nitrogen functional groups attached to an aromatic ring is 1. The molecule has 0 bridgehead atoms. The van der Waals surface area contributed by atoms with Crippen LogP contribution in [0.1, 0.15) is 17.4 Å². The Morgan fingerprint density at radius 1 is 1.33 bits per heavy atom. The smallest absolute Gasteiger partial charge is 0.139 e. The van der Waals surface area contributed by atoms with Crippen molar-refractivity contribution in [2.45, 2.75) is 6.10 Å². The van der Waals surface area contributed by atoms with Crippen molar-refractivity contribution in [1.82, 2.24) is 0 Å². The lowest BCUT2D eigenvalue weighted by molar-refractivity contribution is 0.189. The first-order valence-corrected chi connectivity index (χ1v) is 4.45. The lowest BCUT2D eigenvalue weighted by Gasteiger charge is -2.10. The van der Waals surface area contributed by atoms with E-state index in [2.05, 4.69) is 0 Å². The molecule has 0 radical (unpaired) electrons. The molecule has 0 aliphatic rings. The lowest BCUT2D eigenvalue weighted by Crippen LogP contribution is -2.03. The Balaban J connectivity index is 2.41. The molecule has 2 rings (SSSR count). The van der Waals surface area contributed by atoms with E-state index in [0.29, 0.717) is 17.0 Å². The molecule has 3 N–H and O–H groups in total. The van der Waals surface area contributed by atoms with Gasteiger partial charge in [-0.25, -0.2) is 4.39 Å². The summed E-state index contributed by atoms with van der Waals surface area (Å²) in [6.07, 6.45) is 0.407. The molecule has 3 nitrogen and oxygen atoms in total. The Labute approximate surface area is 85.9 Å². The minimum atomic E-state index is -1.03. The fraction of sp³-hybridized carbons (Fsp3) is 0.0909. The number of halogens is 1. The molecule has 1 unspecified atom stereocenters. The maximum atomic E-state index is 13.0. The minimum Gasteiger partial charge on any atom is -0.466 e. The van der Waals surface area contributed by atoms with Gasteiger partial charge in [0.15, 0.2) is 0 Å². The van der Waals surface area contributed by atoms with E-state index in [0.717, 1.165) is 0 Å². The monoisotopic (exact) mass is 207 g/mol. The lowest BCUT2D eigenvalue weighted by atomic mass is 10.1. The third-order valence-electron chi connectivity index (χ3n) is 2.16. The highest BCUT2D eigenvalue weighted by molar-refractivity contribution is 5.49. The van der Waals surface area contributed by atoms with E-state index in [4.69, 9.17) is 10.2 Å². The van der Waals surface area contributed by atoms with Crippen LogP contribution in [0, 0.1) is 5.82 Å². The first-order valence-electron chi connectivity index (χ1n) is 4.45. The molecule has 1 heterocycles. The van der Waals surface area contributed by atoms with Crippen molar-refractivity contribution in [3.63, 3.8) is 0 Å². The van der Waals surface area contributed by atoms with Crippen LogP contribution in [0.2, 0.25) is 0 Å². The zero-order valence-electron chi connectivity index (χ0n) is 7.85. The Morgan fingerprint density at radius 2 is 2.13 bits per heavy atom. The van der Waals surface area contributed by atoms with E-state index < -0.39 is 11.9 Å². The minimum absolute atomic E-state index is 0.310. The van der Waals surface area contributed by atoms with Crippen molar-refractivity contribution in [1.29, 1.82) is 0 Å². The van der Waals surface area contributed by atoms with E-state index in [-0.39, 0.29) is 0 Å². The molecule has 0 saturated heterocycles. The molecule has 4 heteroatoms. The molecule has 0 amide bonds. The summed E-state index contributed by atoms with van der Waals surface area (Å²) >= 11 is 0. The zero-order valence-corrected chi connectivity index (χ0v) is 7.85. The SMILES string of the molecule is Nc1ccc(F)cc1C(O)c1ccco1. The average Bonchev–Trinajstić information content (AvgIpc) is 2.74. The Kier molecular flexibility index (Phi) is 2.43. The van der Waals surface area contributed by atoms with Gasteiger partial charge in [-0.2, -0.15) is 0 Å². The van der Waals surface area contributed by atoms with Crippen LogP contribution in [0.3, 0.4) is 0 Å². The van der Waals surface area contributed by atoms with Crippen molar-refractivity contribution >= 4 is 5.69 Å². The topological polar surface area (TPSA) is 59.4 Å². The summed E-state index contributed by atoms with van der Waals surface area (Å²) in [5.41, 5.74) is 6.27. The fourth-order valence-corrected chi connectivity index (χ4v) is 1.38. The summed E-state index contributed by atoms with van der Waals surface area (Å²) in [5.74, 6) is -0.0999. The largest absolute Gasteiger partial charge is 0.466 e. The maximum absolute atomic E-state index is 13.0. The normalized spacial score (nSPS) is 12.7. The number of benzene rings is 1. The highest BCUT2D eigenvalue weighted by Gasteiger charge is 2.16. The number of anilines is 1. The molecule has 0 aliphatic heterocycles. The average molecular weight is 207 g/mol. The van der Waals surface area contributed by atoms with Gasteiger partial charge in [0.1, 0.15) is 17.7 Å². The van der Waals surface area contributed by atoms with E-state index in [9.17, 15) is 9.50 Å². The van der Waals surface area contributed by atoms with Crippen LogP contribution in [0.15, 0.2) is 41.0 Å². The quantitative estimate of drug-likeness (QED) is 0.741. The van der Waals surface area contributed by atoms with Gasteiger partial charge in [0, 0.05) is 11.3 Å². The van der Waals surface area contributed by atoms with Gasteiger partial charge in [0.2, 0.25) is 0 Å². The highest BCUT2D eigenvalue weighted by Crippen LogP contribution is 2.27. The van der Waals surface area contributed by atoms with Gasteiger partial charge in [-0.15, -0.1) is 0 Å². The second kappa shape index (κ2) is 3.74. The Morgan fingerprint density at radius 3 is 2.80 bits per heavy atom. The summed E-state index contributed by atoms with van der Waals surface area (Å²) in [4.78, 5) is 0. The van der Waals surface area contributed by atoms with Gasteiger partial charge in [-0.05, 0) is 30.3 Å². The van der Waals surface area contributed by atoms with Gasteiger partial charge in [-0.1, -0.05) is 0 Å². The van der Waals surface area contributed by atoms with Crippen LogP contribution in [-0.4, -0.2) is 5.11 Å². The second-order valence-electron chi connectivity index (χ2n) is 3.19. The van der Waals surface area contributed by atoms with E-state index in [1.165, 1.54) is 24.5 Å². The van der Waals surface area contributed by atoms with Crippen molar-refractivity contribution < 1.29 is 13.9 Å². The molecule has 1 aromatic heterocycles. The maximum Gasteiger partial charge on any atom is 0.139 e. The molecule has 78 valence electrons. The van der Waals surface area contributed by atoms with E-state index in [1.54, 1.807) is 12.1 Å². The molecule has 1 atom stereocenters. The Bertz CT molecular complexity index is 454. The second-order valence-corrected chi connectivity index (χ2v) is 3.19. The number of hydrogen-bond donors (Lipinski definition) is 2. The van der Waals surface area contributed by atoms with Crippen LogP contribution in [0.5, 0.6) is 0 Å². The summed E-state index contributed by atoms with van der Waals surface area (Å²) in [5, 5.41) is 9.85. The molecule has 15 heavy (non-hydrogen) atoms. The first-order chi connectivity index (χ1) is 7.18. The van der Waals surface area contributed by atoms with Crippen LogP contribution < -0.4 is 5.73 Å². The standard InChI is InChI=1S/C11H10FNO2/c12-7-3-4-9(13)8(6-7)11(14)10-2-1-5-15-10/h1-6,11,14H,13H2. The van der Waals surface area contributed by atoms with Crippen molar-refractivity contribution in [2.75, 3.05) is 5.73 Å². The highest BCUT2D eigenvalue weighted by atomic mass is 19.1. The number of rotatable bonds is 2. The van der Waals surface area contributed by atoms with Crippen LogP contribution in [0.4, 0.5) is 10.1 Å². The molecule has 1 aromatic carbocycles. The van der Waals surface area contributed by atoms with E-state index in [1.807, 2.05) is 0 Å². The molecule has 2 aromatic rings. The molecule has 0 saturated carbocycles.